The predicted octanol–water partition coefficient (Wildman–Crippen LogP) is 1.16. The van der Waals surface area contributed by atoms with Crippen molar-refractivity contribution in [3.63, 3.8) is 0 Å². The van der Waals surface area contributed by atoms with Crippen LogP contribution in [0.3, 0.4) is 0 Å². The Balaban J connectivity index is 2.07. The highest BCUT2D eigenvalue weighted by molar-refractivity contribution is 6.78. The molecule has 1 N–H and O–H groups in total. The molecule has 2 aromatic carbocycles. The Morgan fingerprint density at radius 3 is 1.42 bits per heavy atom. The molecule has 0 saturated heterocycles. The molecule has 0 heterocycles. The van der Waals surface area contributed by atoms with E-state index < -0.39 is 18.9 Å². The Hall–Kier alpha value is -3.12. The van der Waals surface area contributed by atoms with Crippen LogP contribution in [0, 0.1) is 0 Å². The minimum Gasteiger partial charge on any atom is -0.466 e. The lowest BCUT2D eigenvalue weighted by atomic mass is 9.56. The third-order valence-electron chi connectivity index (χ3n) is 3.73. The van der Waals surface area contributed by atoms with Crippen LogP contribution in [0.15, 0.2) is 60.7 Å². The van der Waals surface area contributed by atoms with Crippen LogP contribution in [0.25, 0.3) is 12.2 Å². The number of benzene rings is 2. The number of hydrogen-bond donors (Lipinski definition) is 1. The zero-order valence-electron chi connectivity index (χ0n) is 14.6. The second kappa shape index (κ2) is 9.39. The maximum atomic E-state index is 11.1. The lowest BCUT2D eigenvalue weighted by Gasteiger charge is -2.08. The first kappa shape index (κ1) is 19.2. The van der Waals surface area contributed by atoms with E-state index in [1.165, 1.54) is 26.4 Å². The summed E-state index contributed by atoms with van der Waals surface area (Å²) in [7, 11) is 2.64. The summed E-state index contributed by atoms with van der Waals surface area (Å²) in [6.07, 6.45) is 5.97. The van der Waals surface area contributed by atoms with Gasteiger partial charge in [0.2, 0.25) is 0 Å². The van der Waals surface area contributed by atoms with Gasteiger partial charge in [0, 0.05) is 12.2 Å². The van der Waals surface area contributed by atoms with Crippen LogP contribution in [0.4, 0.5) is 0 Å². The molecule has 0 aliphatic carbocycles. The third kappa shape index (κ3) is 5.46. The van der Waals surface area contributed by atoms with Crippen LogP contribution in [-0.2, 0) is 19.1 Å². The molecule has 0 aromatic heterocycles. The maximum Gasteiger partial charge on any atom is 0.358 e. The lowest BCUT2D eigenvalue weighted by molar-refractivity contribution is -0.135. The zero-order valence-corrected chi connectivity index (χ0v) is 14.6. The molecular weight excluding hydrogens is 331 g/mol. The zero-order chi connectivity index (χ0) is 18.9. The molecule has 0 unspecified atom stereocenters. The van der Waals surface area contributed by atoms with E-state index >= 15 is 0 Å². The molecular formula is C20H19BO5. The third-order valence-corrected chi connectivity index (χ3v) is 3.73. The van der Waals surface area contributed by atoms with Crippen LogP contribution in [0.2, 0.25) is 0 Å². The van der Waals surface area contributed by atoms with Crippen molar-refractivity contribution in [1.82, 2.24) is 0 Å². The van der Waals surface area contributed by atoms with Gasteiger partial charge in [-0.25, -0.2) is 9.59 Å². The topological polar surface area (TPSA) is 72.8 Å². The van der Waals surface area contributed by atoms with Crippen LogP contribution < -0.4 is 10.9 Å². The second-order valence-corrected chi connectivity index (χ2v) is 5.45. The molecule has 2 aromatic rings. The van der Waals surface area contributed by atoms with Crippen LogP contribution in [-0.4, -0.2) is 38.1 Å². The van der Waals surface area contributed by atoms with E-state index in [0.717, 1.165) is 22.1 Å². The van der Waals surface area contributed by atoms with Gasteiger partial charge in [-0.2, -0.15) is 0 Å². The predicted molar refractivity (Wildman–Crippen MR) is 102 cm³/mol. The average molecular weight is 350 g/mol. The smallest absolute Gasteiger partial charge is 0.358 e. The van der Waals surface area contributed by atoms with Crippen molar-refractivity contribution in [2.24, 2.45) is 0 Å². The summed E-state index contributed by atoms with van der Waals surface area (Å²) in [6.45, 7) is -0.771. The Kier molecular flexibility index (Phi) is 6.94. The molecule has 132 valence electrons. The molecule has 0 aliphatic rings. The lowest BCUT2D eigenvalue weighted by Crippen LogP contribution is -2.42. The normalized spacial score (nSPS) is 10.9. The summed E-state index contributed by atoms with van der Waals surface area (Å²) in [6, 6.07) is 14.4. The van der Waals surface area contributed by atoms with Gasteiger partial charge in [-0.15, -0.1) is 0 Å². The Bertz CT molecular complexity index is 738. The summed E-state index contributed by atoms with van der Waals surface area (Å²) in [5, 5.41) is 10.5. The van der Waals surface area contributed by atoms with Gasteiger partial charge in [-0.05, 0) is 34.2 Å². The number of methoxy groups -OCH3 is 2. The molecule has 0 bridgehead atoms. The van der Waals surface area contributed by atoms with E-state index in [1.54, 1.807) is 36.4 Å². The number of ether oxygens (including phenoxy) is 2. The van der Waals surface area contributed by atoms with Gasteiger partial charge in [-0.3, -0.25) is 0 Å². The van der Waals surface area contributed by atoms with Gasteiger partial charge < -0.3 is 14.5 Å². The highest BCUT2D eigenvalue weighted by atomic mass is 16.5. The first-order chi connectivity index (χ1) is 12.5. The van der Waals surface area contributed by atoms with E-state index in [0.29, 0.717) is 0 Å². The molecule has 2 rings (SSSR count). The van der Waals surface area contributed by atoms with E-state index in [9.17, 15) is 14.6 Å². The fourth-order valence-corrected chi connectivity index (χ4v) is 2.24. The van der Waals surface area contributed by atoms with Crippen LogP contribution in [0.5, 0.6) is 0 Å². The summed E-state index contributed by atoms with van der Waals surface area (Å²) in [5.74, 6) is -0.842. The van der Waals surface area contributed by atoms with Gasteiger partial charge in [0.25, 0.3) is 0 Å². The summed E-state index contributed by atoms with van der Waals surface area (Å²) in [5.41, 5.74) is 3.13. The number of carbonyl (C=O) groups excluding carboxylic acids is 2. The van der Waals surface area contributed by atoms with E-state index in [-0.39, 0.29) is 0 Å². The van der Waals surface area contributed by atoms with E-state index in [4.69, 9.17) is 0 Å². The van der Waals surface area contributed by atoms with Crippen LogP contribution >= 0.6 is 0 Å². The molecule has 0 spiro atoms. The fraction of sp³-hybridized carbons (Fsp3) is 0.100. The van der Waals surface area contributed by atoms with Gasteiger partial charge in [0.05, 0.1) is 14.2 Å². The minimum atomic E-state index is -0.771. The highest BCUT2D eigenvalue weighted by Gasteiger charge is 2.16. The molecule has 0 aliphatic heterocycles. The molecule has 26 heavy (non-hydrogen) atoms. The van der Waals surface area contributed by atoms with Crippen molar-refractivity contribution in [2.45, 2.75) is 0 Å². The SMILES string of the molecule is COC(=O)C=Cc1ccc(B(O)c2ccc(C=CC(=O)OC)cc2)cc1. The molecule has 6 heteroatoms. The fourth-order valence-electron chi connectivity index (χ4n) is 2.24. The van der Waals surface area contributed by atoms with Crippen molar-refractivity contribution in [2.75, 3.05) is 14.2 Å². The molecule has 0 saturated carbocycles. The van der Waals surface area contributed by atoms with Crippen molar-refractivity contribution in [3.8, 4) is 0 Å². The van der Waals surface area contributed by atoms with E-state index in [1.807, 2.05) is 24.3 Å². The summed E-state index contributed by atoms with van der Waals surface area (Å²) in [4.78, 5) is 22.2. The number of carbonyl (C=O) groups is 2. The first-order valence-corrected chi connectivity index (χ1v) is 7.93. The average Bonchev–Trinajstić information content (AvgIpc) is 2.70. The Morgan fingerprint density at radius 1 is 0.769 bits per heavy atom. The van der Waals surface area contributed by atoms with Crippen molar-refractivity contribution < 1.29 is 24.1 Å². The molecule has 0 amide bonds. The largest absolute Gasteiger partial charge is 0.466 e. The van der Waals surface area contributed by atoms with Crippen molar-refractivity contribution in [1.29, 1.82) is 0 Å². The van der Waals surface area contributed by atoms with Gasteiger partial charge in [0.15, 0.2) is 0 Å². The number of esters is 2. The Labute approximate surface area is 152 Å². The molecule has 0 atom stereocenters. The molecule has 0 radical (unpaired) electrons. The Morgan fingerprint density at radius 2 is 1.12 bits per heavy atom. The number of hydrogen-bond acceptors (Lipinski definition) is 5. The molecule has 0 fully saturated rings. The standard InChI is InChI=1S/C20H19BO5/c1-25-19(22)13-7-15-3-9-17(10-4-15)21(24)18-11-5-16(6-12-18)8-14-20(23)26-2/h3-14,24H,1-2H3. The summed E-state index contributed by atoms with van der Waals surface area (Å²) < 4.78 is 9.08. The van der Waals surface area contributed by atoms with Gasteiger partial charge in [-0.1, -0.05) is 48.5 Å². The van der Waals surface area contributed by atoms with Crippen molar-refractivity contribution in [3.05, 3.63) is 71.8 Å². The van der Waals surface area contributed by atoms with Crippen LogP contribution in [0.1, 0.15) is 11.1 Å². The number of rotatable bonds is 6. The quantitative estimate of drug-likeness (QED) is 0.481. The maximum absolute atomic E-state index is 11.1. The second-order valence-electron chi connectivity index (χ2n) is 5.45. The minimum absolute atomic E-state index is 0.421. The highest BCUT2D eigenvalue weighted by Crippen LogP contribution is 2.03. The van der Waals surface area contributed by atoms with E-state index in [2.05, 4.69) is 9.47 Å². The van der Waals surface area contributed by atoms with Gasteiger partial charge >= 0.3 is 18.9 Å². The van der Waals surface area contributed by atoms with Gasteiger partial charge in [0.1, 0.15) is 0 Å². The first-order valence-electron chi connectivity index (χ1n) is 7.93. The molecule has 5 nitrogen and oxygen atoms in total. The monoisotopic (exact) mass is 350 g/mol. The summed E-state index contributed by atoms with van der Waals surface area (Å²) >= 11 is 0. The van der Waals surface area contributed by atoms with Crippen molar-refractivity contribution >= 4 is 41.9 Å².